The molecule has 0 radical (unpaired) electrons. The predicted octanol–water partition coefficient (Wildman–Crippen LogP) is 2.57. The summed E-state index contributed by atoms with van der Waals surface area (Å²) >= 11 is 1.31. The van der Waals surface area contributed by atoms with Crippen LogP contribution in [0.25, 0.3) is 0 Å². The smallest absolute Gasteiger partial charge is 0.250 e. The van der Waals surface area contributed by atoms with Crippen molar-refractivity contribution >= 4 is 21.4 Å². The van der Waals surface area contributed by atoms with Gasteiger partial charge in [-0.25, -0.2) is 13.1 Å². The van der Waals surface area contributed by atoms with E-state index >= 15 is 0 Å². The lowest BCUT2D eigenvalue weighted by Crippen LogP contribution is -2.31. The first-order valence-electron chi connectivity index (χ1n) is 7.86. The quantitative estimate of drug-likeness (QED) is 0.809. The maximum atomic E-state index is 12.4. The van der Waals surface area contributed by atoms with Gasteiger partial charge in [0, 0.05) is 13.1 Å². The van der Waals surface area contributed by atoms with Crippen molar-refractivity contribution in [3.8, 4) is 0 Å². The Morgan fingerprint density at radius 3 is 2.86 bits per heavy atom. The molecule has 2 aliphatic carbocycles. The lowest BCUT2D eigenvalue weighted by Gasteiger charge is -2.21. The third kappa shape index (κ3) is 3.50. The van der Waals surface area contributed by atoms with Crippen LogP contribution in [0.3, 0.4) is 0 Å². The molecule has 2 aliphatic rings. The zero-order valence-corrected chi connectivity index (χ0v) is 14.1. The zero-order chi connectivity index (χ0) is 14.9. The van der Waals surface area contributed by atoms with E-state index in [4.69, 9.17) is 0 Å². The molecule has 0 saturated heterocycles. The van der Waals surface area contributed by atoms with Crippen LogP contribution in [0, 0.1) is 17.8 Å². The Labute approximate surface area is 131 Å². The van der Waals surface area contributed by atoms with Crippen molar-refractivity contribution in [3.05, 3.63) is 17.0 Å². The Balaban J connectivity index is 1.57. The van der Waals surface area contributed by atoms with Crippen molar-refractivity contribution in [2.45, 2.75) is 43.4 Å². The maximum Gasteiger partial charge on any atom is 0.250 e. The van der Waals surface area contributed by atoms with Gasteiger partial charge in [-0.1, -0.05) is 13.3 Å². The summed E-state index contributed by atoms with van der Waals surface area (Å²) in [6, 6.07) is 1.79. The highest BCUT2D eigenvalue weighted by atomic mass is 32.2. The third-order valence-electron chi connectivity index (χ3n) is 4.89. The molecular weight excluding hydrogens is 304 g/mol. The van der Waals surface area contributed by atoms with Gasteiger partial charge in [-0.15, -0.1) is 11.3 Å². The molecule has 118 valence electrons. The second kappa shape index (κ2) is 6.36. The molecular formula is C15H24N2O2S2. The van der Waals surface area contributed by atoms with Crippen LogP contribution in [0.4, 0.5) is 0 Å². The number of hydrogen-bond acceptors (Lipinski definition) is 4. The lowest BCUT2D eigenvalue weighted by molar-refractivity contribution is 0.333. The molecule has 2 saturated carbocycles. The number of thiophene rings is 1. The number of sulfonamides is 1. The van der Waals surface area contributed by atoms with E-state index in [1.807, 2.05) is 12.3 Å². The molecule has 3 atom stereocenters. The van der Waals surface area contributed by atoms with E-state index in [0.717, 1.165) is 30.5 Å². The largest absolute Gasteiger partial charge is 0.313 e. The minimum absolute atomic E-state index is 0.443. The van der Waals surface area contributed by atoms with Crippen molar-refractivity contribution in [2.24, 2.45) is 17.8 Å². The molecule has 2 bridgehead atoms. The number of rotatable bonds is 7. The minimum Gasteiger partial charge on any atom is -0.313 e. The molecule has 2 fully saturated rings. The molecule has 0 aliphatic heterocycles. The summed E-state index contributed by atoms with van der Waals surface area (Å²) in [7, 11) is -3.33. The molecule has 0 amide bonds. The Bertz CT molecular complexity index is 582. The molecule has 2 N–H and O–H groups in total. The summed E-state index contributed by atoms with van der Waals surface area (Å²) < 4.78 is 28.0. The molecule has 0 spiro atoms. The van der Waals surface area contributed by atoms with Gasteiger partial charge in [-0.3, -0.25) is 0 Å². The monoisotopic (exact) mass is 328 g/mol. The molecule has 1 heterocycles. The van der Waals surface area contributed by atoms with Crippen molar-refractivity contribution in [1.29, 1.82) is 0 Å². The Morgan fingerprint density at radius 1 is 1.33 bits per heavy atom. The summed E-state index contributed by atoms with van der Waals surface area (Å²) in [5.74, 6) is 2.17. The first kappa shape index (κ1) is 15.5. The van der Waals surface area contributed by atoms with E-state index in [-0.39, 0.29) is 0 Å². The van der Waals surface area contributed by atoms with Gasteiger partial charge in [-0.2, -0.15) is 0 Å². The molecule has 3 rings (SSSR count). The predicted molar refractivity (Wildman–Crippen MR) is 85.8 cm³/mol. The van der Waals surface area contributed by atoms with E-state index in [0.29, 0.717) is 16.7 Å². The Kier molecular flexibility index (Phi) is 4.69. The fourth-order valence-corrected chi connectivity index (χ4v) is 6.12. The summed E-state index contributed by atoms with van der Waals surface area (Å²) in [5.41, 5.74) is 1.04. The van der Waals surface area contributed by atoms with Crippen LogP contribution < -0.4 is 10.0 Å². The van der Waals surface area contributed by atoms with Crippen LogP contribution in [-0.2, 0) is 16.6 Å². The summed E-state index contributed by atoms with van der Waals surface area (Å²) in [6.45, 7) is 4.28. The summed E-state index contributed by atoms with van der Waals surface area (Å²) in [5, 5.41) is 5.14. The molecule has 0 aromatic carbocycles. The average Bonchev–Trinajstić information content (AvgIpc) is 3.18. The molecule has 3 unspecified atom stereocenters. The van der Waals surface area contributed by atoms with Crippen LogP contribution >= 0.6 is 11.3 Å². The summed E-state index contributed by atoms with van der Waals surface area (Å²) in [6.07, 6.45) is 5.18. The fourth-order valence-electron chi connectivity index (χ4n) is 3.77. The normalized spacial score (nSPS) is 28.3. The van der Waals surface area contributed by atoms with E-state index < -0.39 is 10.0 Å². The van der Waals surface area contributed by atoms with E-state index in [2.05, 4.69) is 10.0 Å². The minimum atomic E-state index is -3.33. The average molecular weight is 329 g/mol. The van der Waals surface area contributed by atoms with Gasteiger partial charge in [0.1, 0.15) is 4.21 Å². The van der Waals surface area contributed by atoms with Gasteiger partial charge in [0.15, 0.2) is 0 Å². The van der Waals surface area contributed by atoms with Gasteiger partial charge in [-0.05, 0) is 60.6 Å². The van der Waals surface area contributed by atoms with Crippen molar-refractivity contribution in [3.63, 3.8) is 0 Å². The van der Waals surface area contributed by atoms with Crippen molar-refractivity contribution < 1.29 is 8.42 Å². The molecule has 6 heteroatoms. The van der Waals surface area contributed by atoms with Gasteiger partial charge < -0.3 is 5.32 Å². The highest BCUT2D eigenvalue weighted by Gasteiger charge is 2.39. The third-order valence-corrected chi connectivity index (χ3v) is 7.81. The van der Waals surface area contributed by atoms with Crippen LogP contribution in [-0.4, -0.2) is 21.5 Å². The van der Waals surface area contributed by atoms with Crippen LogP contribution in [0.2, 0.25) is 0 Å². The van der Waals surface area contributed by atoms with Gasteiger partial charge in [0.2, 0.25) is 10.0 Å². The second-order valence-electron chi connectivity index (χ2n) is 6.34. The zero-order valence-electron chi connectivity index (χ0n) is 12.5. The molecule has 1 aromatic heterocycles. The van der Waals surface area contributed by atoms with E-state index in [1.165, 1.54) is 37.0 Å². The van der Waals surface area contributed by atoms with Gasteiger partial charge in [0.05, 0.1) is 0 Å². The highest BCUT2D eigenvalue weighted by molar-refractivity contribution is 7.91. The SMILES string of the molecule is CCNCc1csc(S(=O)(=O)NCC2CC3CCC2C3)c1. The lowest BCUT2D eigenvalue weighted by atomic mass is 9.89. The van der Waals surface area contributed by atoms with Gasteiger partial charge >= 0.3 is 0 Å². The standard InChI is InChI=1S/C15H24N2O2S2/c1-2-16-8-12-7-15(20-10-12)21(18,19)17-9-14-6-11-3-4-13(14)5-11/h7,10-11,13-14,16-17H,2-6,8-9H2,1H3. The van der Waals surface area contributed by atoms with Crippen LogP contribution in [0.1, 0.15) is 38.2 Å². The Morgan fingerprint density at radius 2 is 2.19 bits per heavy atom. The number of fused-ring (bicyclic) bond motifs is 2. The first-order valence-corrected chi connectivity index (χ1v) is 10.2. The van der Waals surface area contributed by atoms with Crippen LogP contribution in [0.5, 0.6) is 0 Å². The van der Waals surface area contributed by atoms with Crippen LogP contribution in [0.15, 0.2) is 15.7 Å². The Hall–Kier alpha value is -0.430. The first-order chi connectivity index (χ1) is 10.1. The van der Waals surface area contributed by atoms with Gasteiger partial charge in [0.25, 0.3) is 0 Å². The van der Waals surface area contributed by atoms with Crippen molar-refractivity contribution in [2.75, 3.05) is 13.1 Å². The molecule has 21 heavy (non-hydrogen) atoms. The van der Waals surface area contributed by atoms with E-state index in [9.17, 15) is 8.42 Å². The maximum absolute atomic E-state index is 12.4. The number of nitrogens with one attached hydrogen (secondary N) is 2. The molecule has 4 nitrogen and oxygen atoms in total. The number of hydrogen-bond donors (Lipinski definition) is 2. The second-order valence-corrected chi connectivity index (χ2v) is 9.25. The van der Waals surface area contributed by atoms with E-state index in [1.54, 1.807) is 6.07 Å². The highest BCUT2D eigenvalue weighted by Crippen LogP contribution is 2.48. The summed E-state index contributed by atoms with van der Waals surface area (Å²) in [4.78, 5) is 0. The molecule has 1 aromatic rings. The van der Waals surface area contributed by atoms with Crippen molar-refractivity contribution in [1.82, 2.24) is 10.0 Å². The topological polar surface area (TPSA) is 58.2 Å². The fraction of sp³-hybridized carbons (Fsp3) is 0.733.